The Morgan fingerprint density at radius 3 is 1.80 bits per heavy atom. The van der Waals surface area contributed by atoms with E-state index in [4.69, 9.17) is 22.9 Å². The topological polar surface area (TPSA) is 451 Å². The van der Waals surface area contributed by atoms with Crippen molar-refractivity contribution in [1.29, 1.82) is 0 Å². The van der Waals surface area contributed by atoms with E-state index in [0.29, 0.717) is 34.0 Å². The zero-order valence-electron chi connectivity index (χ0n) is 48.9. The van der Waals surface area contributed by atoms with Gasteiger partial charge >= 0.3 is 5.97 Å². The normalized spacial score (nSPS) is 16.2. The number of likely N-dealkylation sites (tertiary alicyclic amines) is 1. The van der Waals surface area contributed by atoms with Crippen LogP contribution in [0.3, 0.4) is 0 Å². The number of nitrogens with zero attached hydrogens (tertiary/aromatic N) is 2. The van der Waals surface area contributed by atoms with Crippen LogP contribution in [0.5, 0.6) is 5.75 Å². The van der Waals surface area contributed by atoms with E-state index in [1.165, 1.54) is 24.0 Å². The van der Waals surface area contributed by atoms with Crippen molar-refractivity contribution in [3.8, 4) is 5.75 Å². The molecule has 466 valence electrons. The number of nitrogens with one attached hydrogen (secondary N) is 8. The molecule has 0 radical (unpaired) electrons. The number of aromatic hydroxyl groups is 1. The Hall–Kier alpha value is -9.11. The molecule has 1 aliphatic heterocycles. The minimum absolute atomic E-state index is 0.00417. The second kappa shape index (κ2) is 32.2. The quantitative estimate of drug-likeness (QED) is 0.0154. The van der Waals surface area contributed by atoms with Crippen LogP contribution < -0.4 is 60.2 Å². The lowest BCUT2D eigenvalue weighted by Gasteiger charge is -2.32. The number of carbonyl (C=O) groups excluding carboxylic acids is 9. The van der Waals surface area contributed by atoms with Crippen molar-refractivity contribution in [1.82, 2.24) is 47.1 Å². The number of aromatic amines is 1. The molecular weight excluding hydrogens is 1110 g/mol. The van der Waals surface area contributed by atoms with Crippen molar-refractivity contribution in [3.63, 3.8) is 0 Å². The fourth-order valence-electron chi connectivity index (χ4n) is 9.76. The lowest BCUT2D eigenvalue weighted by molar-refractivity contribution is -0.143. The number of phenolic OH excluding ortho intramolecular Hbond substituents is 1. The minimum atomic E-state index is -1.85. The molecule has 1 aliphatic rings. The van der Waals surface area contributed by atoms with E-state index in [9.17, 15) is 63.3 Å². The molecule has 27 nitrogen and oxygen atoms in total. The van der Waals surface area contributed by atoms with Gasteiger partial charge in [0.05, 0.1) is 12.1 Å². The van der Waals surface area contributed by atoms with Gasteiger partial charge in [-0.25, -0.2) is 4.79 Å². The van der Waals surface area contributed by atoms with Crippen LogP contribution in [-0.4, -0.2) is 164 Å². The number of aliphatic imine (C=N–C) groups is 1. The molecule has 1 aromatic heterocycles. The minimum Gasteiger partial charge on any atom is -0.508 e. The van der Waals surface area contributed by atoms with E-state index in [0.717, 1.165) is 0 Å². The summed E-state index contributed by atoms with van der Waals surface area (Å²) in [5.41, 5.74) is 24.9. The van der Waals surface area contributed by atoms with Crippen LogP contribution in [0.1, 0.15) is 89.8 Å². The Bertz CT molecular complexity index is 3040. The number of hydrogen-bond donors (Lipinski definition) is 15. The molecule has 0 aliphatic carbocycles. The van der Waals surface area contributed by atoms with Crippen molar-refractivity contribution < 1.29 is 63.3 Å². The van der Waals surface area contributed by atoms with Gasteiger partial charge in [0, 0.05) is 55.9 Å². The van der Waals surface area contributed by atoms with Gasteiger partial charge in [0.2, 0.25) is 53.2 Å². The molecule has 86 heavy (non-hydrogen) atoms. The summed E-state index contributed by atoms with van der Waals surface area (Å²) in [6.07, 6.45) is -0.992. The Balaban J connectivity index is 1.41. The average Bonchev–Trinajstić information content (AvgIpc) is 2.56. The van der Waals surface area contributed by atoms with E-state index >= 15 is 0 Å². The molecule has 0 unspecified atom stereocenters. The van der Waals surface area contributed by atoms with Gasteiger partial charge in [0.25, 0.3) is 0 Å². The van der Waals surface area contributed by atoms with Crippen LogP contribution in [0.2, 0.25) is 0 Å². The van der Waals surface area contributed by atoms with Gasteiger partial charge in [-0.15, -0.1) is 0 Å². The van der Waals surface area contributed by atoms with Crippen molar-refractivity contribution in [3.05, 3.63) is 102 Å². The molecule has 19 N–H and O–H groups in total. The number of aliphatic hydroxyl groups excluding tert-OH is 1. The average molecular weight is 1200 g/mol. The maximum atomic E-state index is 14.8. The first-order chi connectivity index (χ1) is 40.7. The number of primary amides is 1. The summed E-state index contributed by atoms with van der Waals surface area (Å²) in [6, 6.07) is 9.04. The number of aromatic nitrogens is 1. The van der Waals surface area contributed by atoms with Crippen molar-refractivity contribution in [2.45, 2.75) is 153 Å². The molecule has 1 saturated heterocycles. The van der Waals surface area contributed by atoms with E-state index in [2.05, 4.69) is 47.2 Å². The monoisotopic (exact) mass is 1190 g/mol. The van der Waals surface area contributed by atoms with Crippen molar-refractivity contribution >= 4 is 76.0 Å². The lowest BCUT2D eigenvalue weighted by atomic mass is 9.98. The first-order valence-corrected chi connectivity index (χ1v) is 28.5. The third-order valence-corrected chi connectivity index (χ3v) is 14.7. The van der Waals surface area contributed by atoms with Gasteiger partial charge in [-0.3, -0.25) is 48.1 Å². The van der Waals surface area contributed by atoms with Gasteiger partial charge in [0.15, 0.2) is 5.96 Å². The SMILES string of the molecule is CC(C)[C@H](N)C(=O)N[C@H](C(=O)N[C@@H](Cc1ccc(O)cc1)C(=O)N1CCC[C@@H]1C(=O)N[C@@H](Cc1c[nH]c2ccccc12)C(=O)N[C@H](C(=O)N[C@@H](CCC(N)=O)C(=O)N[C@@H](CCCN=C(N)N)C(=O)N[C@@H](Cc1ccccc1)C(=O)O)[C@@H](C)O)C(C)C. The number of phenols is 1. The highest BCUT2D eigenvalue weighted by molar-refractivity contribution is 5.99. The van der Waals surface area contributed by atoms with Gasteiger partial charge in [0.1, 0.15) is 54.1 Å². The van der Waals surface area contributed by atoms with Gasteiger partial charge in [-0.2, -0.15) is 0 Å². The summed E-state index contributed by atoms with van der Waals surface area (Å²) >= 11 is 0. The summed E-state index contributed by atoms with van der Waals surface area (Å²) in [7, 11) is 0. The number of carboxylic acids is 1. The number of carbonyl (C=O) groups is 10. The molecule has 5 rings (SSSR count). The predicted octanol–water partition coefficient (Wildman–Crippen LogP) is -1.29. The van der Waals surface area contributed by atoms with E-state index < -0.39 is 138 Å². The number of H-pyrrole nitrogens is 1. The molecule has 1 fully saturated rings. The first kappa shape index (κ1) is 67.7. The highest BCUT2D eigenvalue weighted by atomic mass is 16.4. The molecule has 4 aromatic rings. The number of hydrogen-bond acceptors (Lipinski definition) is 14. The maximum absolute atomic E-state index is 14.8. The summed E-state index contributed by atoms with van der Waals surface area (Å²) < 4.78 is 0. The fourth-order valence-corrected chi connectivity index (χ4v) is 9.76. The van der Waals surface area contributed by atoms with Crippen LogP contribution in [0.4, 0.5) is 0 Å². The number of para-hydroxylation sites is 1. The number of rotatable bonds is 32. The number of aliphatic carboxylic acids is 1. The molecule has 27 heteroatoms. The van der Waals surface area contributed by atoms with Gasteiger partial charge in [-0.05, 0) is 85.8 Å². The second-order valence-corrected chi connectivity index (χ2v) is 22.1. The number of nitrogens with two attached hydrogens (primary N) is 4. The van der Waals surface area contributed by atoms with Gasteiger partial charge in [-0.1, -0.05) is 88.4 Å². The molecule has 10 atom stereocenters. The molecule has 0 bridgehead atoms. The summed E-state index contributed by atoms with van der Waals surface area (Å²) in [5, 5.41) is 50.1. The van der Waals surface area contributed by atoms with E-state index in [1.807, 2.05) is 0 Å². The summed E-state index contributed by atoms with van der Waals surface area (Å²) in [4.78, 5) is 147. The molecule has 2 heterocycles. The zero-order valence-corrected chi connectivity index (χ0v) is 48.9. The largest absolute Gasteiger partial charge is 0.508 e. The number of aliphatic hydroxyl groups is 1. The Morgan fingerprint density at radius 1 is 0.628 bits per heavy atom. The van der Waals surface area contributed by atoms with Crippen LogP contribution in [0.15, 0.2) is 90.1 Å². The number of carboxylic acid groups (broad SMARTS) is 1. The molecule has 0 spiro atoms. The van der Waals surface area contributed by atoms with Crippen molar-refractivity contribution in [2.24, 2.45) is 39.8 Å². The molecule has 0 saturated carbocycles. The second-order valence-electron chi connectivity index (χ2n) is 22.1. The predicted molar refractivity (Wildman–Crippen MR) is 318 cm³/mol. The highest BCUT2D eigenvalue weighted by Gasteiger charge is 2.41. The molecule has 9 amide bonds. The van der Waals surface area contributed by atoms with Crippen molar-refractivity contribution in [2.75, 3.05) is 13.1 Å². The van der Waals surface area contributed by atoms with E-state index in [1.54, 1.807) is 101 Å². The zero-order chi connectivity index (χ0) is 63.4. The molecule has 3 aromatic carbocycles. The number of fused-ring (bicyclic) bond motifs is 1. The fraction of sp³-hybridized carbons (Fsp3) is 0.475. The highest BCUT2D eigenvalue weighted by Crippen LogP contribution is 2.24. The van der Waals surface area contributed by atoms with Crippen LogP contribution in [0.25, 0.3) is 10.9 Å². The number of benzene rings is 3. The van der Waals surface area contributed by atoms with Gasteiger partial charge < -0.3 is 85.4 Å². The van der Waals surface area contributed by atoms with Crippen LogP contribution >= 0.6 is 0 Å². The third kappa shape index (κ3) is 20.0. The number of guanidine groups is 1. The summed E-state index contributed by atoms with van der Waals surface area (Å²) in [6.45, 7) is 8.17. The van der Waals surface area contributed by atoms with Crippen LogP contribution in [-0.2, 0) is 67.2 Å². The summed E-state index contributed by atoms with van der Waals surface area (Å²) in [5.74, 6) is -10.0. The lowest BCUT2D eigenvalue weighted by Crippen LogP contribution is -2.62. The number of amides is 9. The smallest absolute Gasteiger partial charge is 0.326 e. The standard InChI is InChI=1S/C59H82N14O13/c1-31(2)47(61)54(81)71-48(32(3)4)55(82)69-43(27-35-19-21-37(75)22-20-35)57(84)73-26-12-18-45(73)53(80)68-42(29-36-30-65-39-16-10-9-15-38(36)39)52(79)72-49(33(5)74)56(83)67-41(23-24-46(60)76)51(78)66-40(17-11-25-64-59(62)63)50(77)70-44(58(85)86)28-34-13-7-6-8-14-34/h6-10,13-16,19-22,30-33,40-45,47-49,65,74-75H,11-12,17-18,23-29,61H2,1-5H3,(H2,60,76)(H,66,78)(H,67,83)(H,68,80)(H,69,82)(H,70,77)(H,71,81)(H,72,79)(H,85,86)(H4,62,63,64)/t33-,40+,41+,42+,43+,44+,45-,47+,48+,49+/m1/s1. The first-order valence-electron chi connectivity index (χ1n) is 28.5. The van der Waals surface area contributed by atoms with Crippen LogP contribution in [0, 0.1) is 11.8 Å². The Labute approximate surface area is 498 Å². The Morgan fingerprint density at radius 2 is 1.19 bits per heavy atom. The Kier molecular flexibility index (Phi) is 25.4. The third-order valence-electron chi connectivity index (χ3n) is 14.7. The maximum Gasteiger partial charge on any atom is 0.326 e. The van der Waals surface area contributed by atoms with E-state index in [-0.39, 0.29) is 69.2 Å². The molecular formula is C59H82N14O13.